The fourth-order valence-electron chi connectivity index (χ4n) is 5.45. The van der Waals surface area contributed by atoms with E-state index in [0.29, 0.717) is 49.2 Å². The van der Waals surface area contributed by atoms with Gasteiger partial charge in [-0.2, -0.15) is 0 Å². The highest BCUT2D eigenvalue weighted by Crippen LogP contribution is 2.49. The molecule has 1 aromatic carbocycles. The number of hydrogen-bond donors (Lipinski definition) is 0. The van der Waals surface area contributed by atoms with Crippen LogP contribution in [0.5, 0.6) is 5.88 Å². The molecule has 5 rings (SSSR count). The molecule has 0 atom stereocenters. The first-order valence-electron chi connectivity index (χ1n) is 13.3. The van der Waals surface area contributed by atoms with Crippen molar-refractivity contribution in [2.24, 2.45) is 0 Å². The first-order chi connectivity index (χ1) is 19.0. The number of carbonyl (C=O) groups excluding carboxylic acids is 2. The zero-order valence-corrected chi connectivity index (χ0v) is 24.2. The van der Waals surface area contributed by atoms with E-state index < -0.39 is 5.60 Å². The van der Waals surface area contributed by atoms with E-state index in [0.717, 1.165) is 22.4 Å². The Hall–Kier alpha value is -3.85. The van der Waals surface area contributed by atoms with Crippen LogP contribution in [0.3, 0.4) is 0 Å². The summed E-state index contributed by atoms with van der Waals surface area (Å²) in [6, 6.07) is 13.3. The maximum Gasteiger partial charge on any atom is 0.410 e. The molecule has 2 aliphatic heterocycles. The summed E-state index contributed by atoms with van der Waals surface area (Å²) in [6.45, 7) is 7.21. The van der Waals surface area contributed by atoms with Gasteiger partial charge < -0.3 is 14.4 Å². The Bertz CT molecular complexity index is 1410. The number of ether oxygens (including phenoxy) is 2. The molecular formula is C30H34ClN5O4. The number of carbonyl (C=O) groups is 2. The van der Waals surface area contributed by atoms with Crippen LogP contribution < -0.4 is 14.5 Å². The minimum Gasteiger partial charge on any atom is -0.481 e. The van der Waals surface area contributed by atoms with Crippen LogP contribution in [0.4, 0.5) is 21.0 Å². The number of nitrogens with zero attached hydrogens (tertiary/aromatic N) is 5. The molecule has 3 amide bonds. The van der Waals surface area contributed by atoms with E-state index in [1.807, 2.05) is 49.9 Å². The van der Waals surface area contributed by atoms with Crippen LogP contribution >= 0.6 is 11.6 Å². The number of hydrogen-bond acceptors (Lipinski definition) is 6. The molecule has 210 valence electrons. The number of rotatable bonds is 3. The molecule has 9 nitrogen and oxygen atoms in total. The number of halogens is 1. The molecule has 1 spiro atoms. The molecule has 10 heteroatoms. The van der Waals surface area contributed by atoms with Crippen molar-refractivity contribution in [2.75, 3.05) is 43.6 Å². The van der Waals surface area contributed by atoms with Crippen molar-refractivity contribution in [2.45, 2.75) is 44.6 Å². The Morgan fingerprint density at radius 3 is 2.38 bits per heavy atom. The molecule has 2 aliphatic rings. The van der Waals surface area contributed by atoms with E-state index in [-0.39, 0.29) is 17.5 Å². The predicted octanol–water partition coefficient (Wildman–Crippen LogP) is 6.15. The Balaban J connectivity index is 1.48. The largest absolute Gasteiger partial charge is 0.481 e. The van der Waals surface area contributed by atoms with Crippen LogP contribution in [0.25, 0.3) is 11.1 Å². The number of amides is 3. The van der Waals surface area contributed by atoms with E-state index in [1.54, 1.807) is 48.5 Å². The van der Waals surface area contributed by atoms with Crippen LogP contribution in [0.15, 0.2) is 54.9 Å². The third-order valence-corrected chi connectivity index (χ3v) is 7.79. The summed E-state index contributed by atoms with van der Waals surface area (Å²) in [6.07, 6.45) is 4.48. The summed E-state index contributed by atoms with van der Waals surface area (Å²) in [5, 5.41) is 0.322. The highest BCUT2D eigenvalue weighted by atomic mass is 35.5. The Labute approximate surface area is 239 Å². The smallest absolute Gasteiger partial charge is 0.410 e. The van der Waals surface area contributed by atoms with Gasteiger partial charge >= 0.3 is 12.1 Å². The normalized spacial score (nSPS) is 16.1. The van der Waals surface area contributed by atoms with Gasteiger partial charge in [-0.25, -0.2) is 19.6 Å². The fraction of sp³-hybridized carbons (Fsp3) is 0.400. The highest BCUT2D eigenvalue weighted by molar-refractivity contribution is 6.29. The highest BCUT2D eigenvalue weighted by Gasteiger charge is 2.48. The predicted molar refractivity (Wildman–Crippen MR) is 155 cm³/mol. The van der Waals surface area contributed by atoms with Crippen molar-refractivity contribution in [3.63, 3.8) is 0 Å². The van der Waals surface area contributed by atoms with Crippen molar-refractivity contribution >= 4 is 35.1 Å². The fourth-order valence-corrected chi connectivity index (χ4v) is 5.62. The van der Waals surface area contributed by atoms with Crippen molar-refractivity contribution in [3.05, 3.63) is 65.6 Å². The monoisotopic (exact) mass is 563 g/mol. The minimum absolute atomic E-state index is 0.158. The van der Waals surface area contributed by atoms with Crippen LogP contribution in [-0.2, 0) is 10.2 Å². The Kier molecular flexibility index (Phi) is 7.35. The van der Waals surface area contributed by atoms with Crippen molar-refractivity contribution in [1.29, 1.82) is 0 Å². The molecule has 0 unspecified atom stereocenters. The van der Waals surface area contributed by atoms with Crippen molar-refractivity contribution in [3.8, 4) is 17.0 Å². The maximum absolute atomic E-state index is 13.9. The van der Waals surface area contributed by atoms with Gasteiger partial charge in [0.25, 0.3) is 0 Å². The van der Waals surface area contributed by atoms with Gasteiger partial charge in [0.15, 0.2) is 0 Å². The van der Waals surface area contributed by atoms with Gasteiger partial charge in [-0.05, 0) is 75.1 Å². The molecule has 3 aromatic rings. The van der Waals surface area contributed by atoms with E-state index in [1.165, 1.54) is 0 Å². The van der Waals surface area contributed by atoms with Gasteiger partial charge in [0, 0.05) is 67.5 Å². The second-order valence-electron chi connectivity index (χ2n) is 11.3. The van der Waals surface area contributed by atoms with Crippen molar-refractivity contribution < 1.29 is 19.1 Å². The SMILES string of the molecule is COc1ccc(-c2ccc3c(c2)C2(CCN(C(=O)OC(C)(C)C)CC2)CN3C(=O)N(C)c2ccnc(Cl)c2)cn1. The van der Waals surface area contributed by atoms with Gasteiger partial charge in [0.05, 0.1) is 7.11 Å². The average Bonchev–Trinajstić information content (AvgIpc) is 3.24. The lowest BCUT2D eigenvalue weighted by molar-refractivity contribution is 0.0170. The summed E-state index contributed by atoms with van der Waals surface area (Å²) in [5.41, 5.74) is 3.72. The Morgan fingerprint density at radius 2 is 1.75 bits per heavy atom. The summed E-state index contributed by atoms with van der Waals surface area (Å²) in [5.74, 6) is 0.548. The van der Waals surface area contributed by atoms with E-state index >= 15 is 0 Å². The second kappa shape index (κ2) is 10.6. The molecule has 40 heavy (non-hydrogen) atoms. The van der Waals surface area contributed by atoms with Gasteiger partial charge in [0.2, 0.25) is 5.88 Å². The molecule has 0 N–H and O–H groups in total. The van der Waals surface area contributed by atoms with Crippen LogP contribution in [0, 0.1) is 0 Å². The third-order valence-electron chi connectivity index (χ3n) is 7.59. The van der Waals surface area contributed by atoms with Crippen LogP contribution in [0.2, 0.25) is 5.15 Å². The molecule has 1 saturated heterocycles. The van der Waals surface area contributed by atoms with Gasteiger partial charge in [-0.3, -0.25) is 9.80 Å². The van der Waals surface area contributed by atoms with Crippen molar-refractivity contribution in [1.82, 2.24) is 14.9 Å². The molecule has 1 fully saturated rings. The quantitative estimate of drug-likeness (QED) is 0.355. The van der Waals surface area contributed by atoms with Gasteiger partial charge in [0.1, 0.15) is 10.8 Å². The standard InChI is InChI=1S/C30H34ClN5O4/c1-29(2,3)40-28(38)35-14-11-30(12-15-35)19-36(27(37)34(4)22-10-13-32-25(31)17-22)24-8-6-20(16-23(24)30)21-7-9-26(39-5)33-18-21/h6-10,13,16-18H,11-12,14-15,19H2,1-5H3. The zero-order chi connectivity index (χ0) is 28.7. The minimum atomic E-state index is -0.558. The van der Waals surface area contributed by atoms with E-state index in [9.17, 15) is 9.59 Å². The summed E-state index contributed by atoms with van der Waals surface area (Å²) >= 11 is 6.11. The lowest BCUT2D eigenvalue weighted by Crippen LogP contribution is -2.50. The molecule has 2 aromatic heterocycles. The summed E-state index contributed by atoms with van der Waals surface area (Å²) < 4.78 is 10.8. The summed E-state index contributed by atoms with van der Waals surface area (Å²) in [4.78, 5) is 40.3. The number of urea groups is 1. The zero-order valence-electron chi connectivity index (χ0n) is 23.5. The second-order valence-corrected chi connectivity index (χ2v) is 11.7. The number of fused-ring (bicyclic) bond motifs is 2. The third kappa shape index (κ3) is 5.43. The molecule has 4 heterocycles. The van der Waals surface area contributed by atoms with Gasteiger partial charge in [-0.15, -0.1) is 0 Å². The molecule has 0 bridgehead atoms. The van der Waals surface area contributed by atoms with Gasteiger partial charge in [-0.1, -0.05) is 17.7 Å². The lowest BCUT2D eigenvalue weighted by Gasteiger charge is -2.40. The maximum atomic E-state index is 13.9. The molecule has 0 aliphatic carbocycles. The summed E-state index contributed by atoms with van der Waals surface area (Å²) in [7, 11) is 3.33. The number of methoxy groups -OCH3 is 1. The average molecular weight is 564 g/mol. The number of piperidine rings is 1. The molecular weight excluding hydrogens is 530 g/mol. The molecule has 0 radical (unpaired) electrons. The molecule has 0 saturated carbocycles. The topological polar surface area (TPSA) is 88.1 Å². The number of pyridine rings is 2. The first kappa shape index (κ1) is 27.7. The number of likely N-dealkylation sites (tertiary alicyclic amines) is 1. The van der Waals surface area contributed by atoms with E-state index in [4.69, 9.17) is 21.1 Å². The lowest BCUT2D eigenvalue weighted by atomic mass is 9.74. The van der Waals surface area contributed by atoms with Crippen LogP contribution in [-0.4, -0.2) is 66.4 Å². The number of aromatic nitrogens is 2. The Morgan fingerprint density at radius 1 is 1.02 bits per heavy atom. The first-order valence-corrected chi connectivity index (χ1v) is 13.7. The van der Waals surface area contributed by atoms with Crippen LogP contribution in [0.1, 0.15) is 39.2 Å². The van der Waals surface area contributed by atoms with E-state index in [2.05, 4.69) is 16.0 Å². The number of benzene rings is 1. The number of anilines is 2.